The van der Waals surface area contributed by atoms with Crippen LogP contribution in [0.1, 0.15) is 44.7 Å². The van der Waals surface area contributed by atoms with Gasteiger partial charge < -0.3 is 20.3 Å². The Morgan fingerprint density at radius 3 is 2.07 bits per heavy atom. The number of carbonyl (C=O) groups excluding carboxylic acids is 5. The summed E-state index contributed by atoms with van der Waals surface area (Å²) in [5, 5.41) is 0.475. The van der Waals surface area contributed by atoms with Crippen LogP contribution in [0, 0.1) is 11.8 Å². The van der Waals surface area contributed by atoms with Gasteiger partial charge in [-0.25, -0.2) is 8.42 Å². The van der Waals surface area contributed by atoms with Crippen molar-refractivity contribution in [1.29, 1.82) is 0 Å². The second-order valence-electron chi connectivity index (χ2n) is 13.2. The number of amides is 3. The monoisotopic (exact) mass is 849 g/mol. The maximum atomic E-state index is 15.2. The van der Waals surface area contributed by atoms with E-state index in [4.69, 9.17) is 27.9 Å². The fourth-order valence-electron chi connectivity index (χ4n) is 5.76. The summed E-state index contributed by atoms with van der Waals surface area (Å²) in [6.45, 7) is 0.433. The molecule has 4 atom stereocenters. The molecule has 2 aromatic rings. The number of alkyl halides is 7. The molecule has 21 heteroatoms. The van der Waals surface area contributed by atoms with Gasteiger partial charge in [0.25, 0.3) is 11.8 Å². The number of likely N-dealkylation sites (tertiary alicyclic amines) is 1. The lowest BCUT2D eigenvalue weighted by atomic mass is 9.82. The first-order valence-electron chi connectivity index (χ1n) is 16.3. The van der Waals surface area contributed by atoms with Gasteiger partial charge >= 0.3 is 18.0 Å². The molecule has 2 aromatic carbocycles. The fraction of sp³-hybridized carbons (Fsp3) is 0.500. The number of hydrogen-bond donors (Lipinski definition) is 2. The molecule has 55 heavy (non-hydrogen) atoms. The van der Waals surface area contributed by atoms with Crippen molar-refractivity contribution in [3.8, 4) is 5.75 Å². The van der Waals surface area contributed by atoms with Crippen LogP contribution in [0.5, 0.6) is 5.75 Å². The van der Waals surface area contributed by atoms with Gasteiger partial charge in [-0.2, -0.15) is 30.7 Å². The topological polar surface area (TPSA) is 156 Å². The first-order valence-corrected chi connectivity index (χ1v) is 18.8. The van der Waals surface area contributed by atoms with Crippen LogP contribution >= 0.6 is 23.2 Å². The third-order valence-corrected chi connectivity index (χ3v) is 11.5. The normalized spacial score (nSPS) is 17.7. The van der Waals surface area contributed by atoms with Gasteiger partial charge in [0.2, 0.25) is 11.7 Å². The zero-order chi connectivity index (χ0) is 41.8. The highest BCUT2D eigenvalue weighted by molar-refractivity contribution is 7.91. The van der Waals surface area contributed by atoms with E-state index in [1.165, 1.54) is 51.3 Å². The molecule has 1 fully saturated rings. The molecule has 3 amide bonds. The molecule has 0 saturated carbocycles. The highest BCUT2D eigenvalue weighted by Gasteiger charge is 2.53. The van der Waals surface area contributed by atoms with Crippen molar-refractivity contribution in [2.45, 2.75) is 74.7 Å². The summed E-state index contributed by atoms with van der Waals surface area (Å²) in [4.78, 5) is 65.9. The Morgan fingerprint density at radius 2 is 1.53 bits per heavy atom. The van der Waals surface area contributed by atoms with E-state index in [0.717, 1.165) is 24.4 Å². The fourth-order valence-corrected chi connectivity index (χ4v) is 7.92. The molecule has 0 aromatic heterocycles. The minimum atomic E-state index is -5.10. The molecule has 0 bridgehead atoms. The minimum Gasteiger partial charge on any atom is -0.497 e. The molecule has 1 saturated heterocycles. The molecule has 11 nitrogen and oxygen atoms in total. The predicted octanol–water partition coefficient (Wildman–Crippen LogP) is 5.30. The summed E-state index contributed by atoms with van der Waals surface area (Å²) < 4.78 is 130. The Bertz CT molecular complexity index is 1900. The van der Waals surface area contributed by atoms with Crippen LogP contribution in [0.2, 0.25) is 10.0 Å². The average molecular weight is 851 g/mol. The Morgan fingerprint density at radius 1 is 0.927 bits per heavy atom. The molecule has 0 unspecified atom stereocenters. The largest absolute Gasteiger partial charge is 0.497 e. The summed E-state index contributed by atoms with van der Waals surface area (Å²) in [5.41, 5.74) is -0.737. The van der Waals surface area contributed by atoms with Crippen molar-refractivity contribution < 1.29 is 67.9 Å². The van der Waals surface area contributed by atoms with Gasteiger partial charge in [0.1, 0.15) is 18.3 Å². The van der Waals surface area contributed by atoms with Crippen LogP contribution in [-0.2, 0) is 45.5 Å². The minimum absolute atomic E-state index is 0.200. The van der Waals surface area contributed by atoms with Crippen molar-refractivity contribution in [2.75, 3.05) is 20.2 Å². The molecule has 0 spiro atoms. The number of Topliss-reactive ketones (excluding diaryl/α,β-unsaturated/α-hetero) is 2. The van der Waals surface area contributed by atoms with E-state index < -0.39 is 129 Å². The summed E-state index contributed by atoms with van der Waals surface area (Å²) in [6, 6.07) is 5.07. The molecular formula is C34H36Cl2F7N3O8S. The highest BCUT2D eigenvalue weighted by Crippen LogP contribution is 2.36. The SMILES string of the molecule is COc1ccc(CS(=O)(=O)[C@@H]2C[C@@H](C(=O)C[C@H](C(=O)C(F)(F)C(=O)NCC(F)(F)F)C(C)C)N(C(=O)[C@H](C)NC(=O)C(F)(F)c3cc(Cl)ccc3Cl)C2)cc1. The van der Waals surface area contributed by atoms with Gasteiger partial charge in [0.05, 0.1) is 34.7 Å². The molecular weight excluding hydrogens is 814 g/mol. The van der Waals surface area contributed by atoms with Crippen molar-refractivity contribution in [3.63, 3.8) is 0 Å². The number of hydrogen-bond acceptors (Lipinski definition) is 8. The van der Waals surface area contributed by atoms with Gasteiger partial charge in [-0.15, -0.1) is 0 Å². The average Bonchev–Trinajstić information content (AvgIpc) is 3.56. The van der Waals surface area contributed by atoms with Crippen LogP contribution < -0.4 is 15.4 Å². The van der Waals surface area contributed by atoms with E-state index in [-0.39, 0.29) is 10.6 Å². The molecule has 1 heterocycles. The van der Waals surface area contributed by atoms with E-state index >= 15 is 8.78 Å². The summed E-state index contributed by atoms with van der Waals surface area (Å²) in [5.74, 6) is -22.0. The Kier molecular flexibility index (Phi) is 14.4. The number of rotatable bonds is 16. The summed E-state index contributed by atoms with van der Waals surface area (Å²) in [6.07, 6.45) is -6.89. The first-order chi connectivity index (χ1) is 25.2. The van der Waals surface area contributed by atoms with Crippen molar-refractivity contribution in [3.05, 3.63) is 63.6 Å². The standard InChI is InChI=1S/C34H36Cl2F7N3O8S/c1-17(2)23(28(48)34(42,43)30(50)44-16-32(37,38)39)13-27(47)26-12-22(55(52,53)15-19-5-8-21(54-4)9-6-19)14-46(26)29(49)18(3)45-31(51)33(40,41)24-11-20(35)7-10-25(24)36/h5-11,17-18,22-23,26H,12-16H2,1-4H3,(H,44,50)(H,45,51)/t18-,22+,23-,26-/m0/s1. The molecule has 1 aliphatic heterocycles. The maximum Gasteiger partial charge on any atom is 0.405 e. The molecule has 0 aliphatic carbocycles. The van der Waals surface area contributed by atoms with Crippen molar-refractivity contribution in [2.24, 2.45) is 11.8 Å². The number of carbonyl (C=O) groups is 5. The van der Waals surface area contributed by atoms with E-state index in [1.54, 1.807) is 5.32 Å². The number of ether oxygens (including phenoxy) is 1. The zero-order valence-corrected chi connectivity index (χ0v) is 31.8. The number of halogens is 9. The second kappa shape index (κ2) is 17.4. The number of sulfone groups is 1. The summed E-state index contributed by atoms with van der Waals surface area (Å²) >= 11 is 11.6. The molecule has 3 rings (SSSR count). The van der Waals surface area contributed by atoms with Crippen molar-refractivity contribution >= 4 is 62.3 Å². The third-order valence-electron chi connectivity index (χ3n) is 8.83. The third kappa shape index (κ3) is 11.1. The smallest absolute Gasteiger partial charge is 0.405 e. The van der Waals surface area contributed by atoms with Crippen LogP contribution in [-0.4, -0.2) is 92.2 Å². The van der Waals surface area contributed by atoms with Crippen LogP contribution in [0.3, 0.4) is 0 Å². The van der Waals surface area contributed by atoms with E-state index in [1.807, 2.05) is 0 Å². The lowest BCUT2D eigenvalue weighted by molar-refractivity contribution is -0.167. The lowest BCUT2D eigenvalue weighted by Gasteiger charge is -2.30. The van der Waals surface area contributed by atoms with Crippen LogP contribution in [0.4, 0.5) is 30.7 Å². The zero-order valence-electron chi connectivity index (χ0n) is 29.5. The molecule has 0 radical (unpaired) electrons. The quantitative estimate of drug-likeness (QED) is 0.171. The number of methoxy groups -OCH3 is 1. The molecule has 2 N–H and O–H groups in total. The lowest BCUT2D eigenvalue weighted by Crippen LogP contribution is -2.54. The van der Waals surface area contributed by atoms with Gasteiger partial charge in [-0.1, -0.05) is 49.2 Å². The van der Waals surface area contributed by atoms with Crippen LogP contribution in [0.25, 0.3) is 0 Å². The highest BCUT2D eigenvalue weighted by atomic mass is 35.5. The number of nitrogens with zero attached hydrogens (tertiary/aromatic N) is 1. The summed E-state index contributed by atoms with van der Waals surface area (Å²) in [7, 11) is -2.87. The van der Waals surface area contributed by atoms with E-state index in [9.17, 15) is 54.3 Å². The Hall–Kier alpha value is -3.97. The first kappa shape index (κ1) is 45.4. The Balaban J connectivity index is 1.94. The second-order valence-corrected chi connectivity index (χ2v) is 16.3. The Labute approximate surface area is 321 Å². The van der Waals surface area contributed by atoms with E-state index in [0.29, 0.717) is 10.6 Å². The van der Waals surface area contributed by atoms with Gasteiger partial charge in [-0.05, 0) is 55.2 Å². The van der Waals surface area contributed by atoms with Crippen LogP contribution in [0.15, 0.2) is 42.5 Å². The maximum absolute atomic E-state index is 15.2. The van der Waals surface area contributed by atoms with Gasteiger partial charge in [0.15, 0.2) is 15.6 Å². The number of nitrogens with one attached hydrogen (secondary N) is 2. The van der Waals surface area contributed by atoms with E-state index in [2.05, 4.69) is 0 Å². The number of ketones is 2. The van der Waals surface area contributed by atoms with Crippen molar-refractivity contribution in [1.82, 2.24) is 15.5 Å². The van der Waals surface area contributed by atoms with Gasteiger partial charge in [-0.3, -0.25) is 24.0 Å². The molecule has 304 valence electrons. The molecule has 1 aliphatic rings. The number of benzene rings is 2. The van der Waals surface area contributed by atoms with Gasteiger partial charge in [0, 0.05) is 23.9 Å². The predicted molar refractivity (Wildman–Crippen MR) is 184 cm³/mol.